The van der Waals surface area contributed by atoms with Crippen LogP contribution in [0.3, 0.4) is 0 Å². The number of rotatable bonds is 4. The van der Waals surface area contributed by atoms with Crippen molar-refractivity contribution in [2.24, 2.45) is 11.8 Å². The van der Waals surface area contributed by atoms with Crippen molar-refractivity contribution in [3.05, 3.63) is 24.3 Å². The molecule has 74 valence electrons. The van der Waals surface area contributed by atoms with Crippen LogP contribution in [-0.4, -0.2) is 0 Å². The first-order valence-corrected chi connectivity index (χ1v) is 5.41. The maximum Gasteiger partial charge on any atom is -0.0203 e. The second-order valence-electron chi connectivity index (χ2n) is 4.75. The SMILES string of the molecule is C=C(C)CCCC1CC(C)CC1=C. The second kappa shape index (κ2) is 4.64. The third-order valence-electron chi connectivity index (χ3n) is 3.03. The monoisotopic (exact) mass is 178 g/mol. The molecule has 0 radical (unpaired) electrons. The molecule has 0 bridgehead atoms. The van der Waals surface area contributed by atoms with Crippen molar-refractivity contribution in [3.8, 4) is 0 Å². The number of allylic oxidation sites excluding steroid dienone is 2. The molecule has 0 saturated heterocycles. The molecular weight excluding hydrogens is 156 g/mol. The van der Waals surface area contributed by atoms with Gasteiger partial charge in [-0.2, -0.15) is 0 Å². The van der Waals surface area contributed by atoms with Crippen LogP contribution in [0.4, 0.5) is 0 Å². The zero-order valence-corrected chi connectivity index (χ0v) is 9.10. The summed E-state index contributed by atoms with van der Waals surface area (Å²) in [4.78, 5) is 0. The van der Waals surface area contributed by atoms with E-state index in [1.807, 2.05) is 0 Å². The lowest BCUT2D eigenvalue weighted by Gasteiger charge is -2.10. The lowest BCUT2D eigenvalue weighted by Crippen LogP contribution is -1.96. The molecule has 0 spiro atoms. The fraction of sp³-hybridized carbons (Fsp3) is 0.692. The molecule has 0 aromatic rings. The summed E-state index contributed by atoms with van der Waals surface area (Å²) in [5.74, 6) is 1.69. The van der Waals surface area contributed by atoms with E-state index in [0.717, 1.165) is 11.8 Å². The molecule has 0 aliphatic heterocycles. The average Bonchev–Trinajstić information content (AvgIpc) is 2.29. The molecule has 0 amide bonds. The molecule has 0 N–H and O–H groups in total. The maximum absolute atomic E-state index is 4.16. The molecule has 1 saturated carbocycles. The Hall–Kier alpha value is -0.520. The summed E-state index contributed by atoms with van der Waals surface area (Å²) in [6.07, 6.45) is 6.45. The first-order valence-electron chi connectivity index (χ1n) is 5.41. The molecule has 0 heterocycles. The van der Waals surface area contributed by atoms with Crippen molar-refractivity contribution in [2.75, 3.05) is 0 Å². The van der Waals surface area contributed by atoms with Gasteiger partial charge in [-0.25, -0.2) is 0 Å². The molecule has 1 fully saturated rings. The van der Waals surface area contributed by atoms with Gasteiger partial charge in [0.25, 0.3) is 0 Å². The molecule has 0 aromatic carbocycles. The van der Waals surface area contributed by atoms with Crippen molar-refractivity contribution in [3.63, 3.8) is 0 Å². The normalized spacial score (nSPS) is 28.0. The van der Waals surface area contributed by atoms with Crippen LogP contribution in [0.1, 0.15) is 46.0 Å². The minimum Gasteiger partial charge on any atom is -0.100 e. The van der Waals surface area contributed by atoms with Gasteiger partial charge in [0.05, 0.1) is 0 Å². The van der Waals surface area contributed by atoms with Crippen LogP contribution in [-0.2, 0) is 0 Å². The van der Waals surface area contributed by atoms with Crippen molar-refractivity contribution >= 4 is 0 Å². The van der Waals surface area contributed by atoms with Crippen LogP contribution in [0, 0.1) is 11.8 Å². The summed E-state index contributed by atoms with van der Waals surface area (Å²) >= 11 is 0. The van der Waals surface area contributed by atoms with Gasteiger partial charge in [-0.1, -0.05) is 24.6 Å². The molecule has 2 atom stereocenters. The molecule has 0 nitrogen and oxygen atoms in total. The Morgan fingerprint density at radius 1 is 1.54 bits per heavy atom. The third-order valence-corrected chi connectivity index (χ3v) is 3.03. The average molecular weight is 178 g/mol. The van der Waals surface area contributed by atoms with Crippen molar-refractivity contribution in [1.29, 1.82) is 0 Å². The third kappa shape index (κ3) is 3.38. The topological polar surface area (TPSA) is 0 Å². The summed E-state index contributed by atoms with van der Waals surface area (Å²) < 4.78 is 0. The quantitative estimate of drug-likeness (QED) is 0.562. The predicted molar refractivity (Wildman–Crippen MR) is 59.7 cm³/mol. The van der Waals surface area contributed by atoms with E-state index in [1.54, 1.807) is 0 Å². The molecule has 1 rings (SSSR count). The Balaban J connectivity index is 2.22. The van der Waals surface area contributed by atoms with Crippen LogP contribution < -0.4 is 0 Å². The minimum atomic E-state index is 0.814. The Kier molecular flexibility index (Phi) is 3.77. The smallest absolute Gasteiger partial charge is 0.0203 e. The summed E-state index contributed by atoms with van der Waals surface area (Å²) in [6.45, 7) is 12.5. The van der Waals surface area contributed by atoms with Gasteiger partial charge in [0, 0.05) is 0 Å². The standard InChI is InChI=1S/C13H22/c1-10(2)6-5-7-13-9-11(3)8-12(13)4/h11,13H,1,4-9H2,2-3H3. The highest BCUT2D eigenvalue weighted by atomic mass is 14.3. The van der Waals surface area contributed by atoms with E-state index in [-0.39, 0.29) is 0 Å². The molecule has 0 aromatic heterocycles. The summed E-state index contributed by atoms with van der Waals surface area (Å²) in [6, 6.07) is 0. The van der Waals surface area contributed by atoms with Crippen molar-refractivity contribution in [2.45, 2.75) is 46.0 Å². The number of hydrogen-bond donors (Lipinski definition) is 0. The minimum absolute atomic E-state index is 0.814. The highest BCUT2D eigenvalue weighted by molar-refractivity contribution is 5.07. The van der Waals surface area contributed by atoms with Crippen LogP contribution in [0.25, 0.3) is 0 Å². The van der Waals surface area contributed by atoms with Gasteiger partial charge < -0.3 is 0 Å². The van der Waals surface area contributed by atoms with Gasteiger partial charge in [0.2, 0.25) is 0 Å². The van der Waals surface area contributed by atoms with Gasteiger partial charge in [0.1, 0.15) is 0 Å². The highest BCUT2D eigenvalue weighted by Gasteiger charge is 2.23. The fourth-order valence-corrected chi connectivity index (χ4v) is 2.32. The fourth-order valence-electron chi connectivity index (χ4n) is 2.32. The summed E-state index contributed by atoms with van der Waals surface area (Å²) in [7, 11) is 0. The highest BCUT2D eigenvalue weighted by Crippen LogP contribution is 2.37. The Labute approximate surface area is 82.7 Å². The second-order valence-corrected chi connectivity index (χ2v) is 4.75. The molecule has 2 unspecified atom stereocenters. The van der Waals surface area contributed by atoms with E-state index in [0.29, 0.717) is 0 Å². The summed E-state index contributed by atoms with van der Waals surface area (Å²) in [5, 5.41) is 0. The van der Waals surface area contributed by atoms with Crippen molar-refractivity contribution in [1.82, 2.24) is 0 Å². The Bertz CT molecular complexity index is 200. The maximum atomic E-state index is 4.16. The molecule has 0 heteroatoms. The van der Waals surface area contributed by atoms with Gasteiger partial charge in [-0.3, -0.25) is 0 Å². The van der Waals surface area contributed by atoms with E-state index in [2.05, 4.69) is 27.0 Å². The lowest BCUT2D eigenvalue weighted by atomic mass is 9.96. The van der Waals surface area contributed by atoms with Crippen LogP contribution >= 0.6 is 0 Å². The molecule has 1 aliphatic rings. The van der Waals surface area contributed by atoms with Gasteiger partial charge in [-0.15, -0.1) is 6.58 Å². The van der Waals surface area contributed by atoms with E-state index in [4.69, 9.17) is 0 Å². The Morgan fingerprint density at radius 3 is 2.69 bits per heavy atom. The molecule has 13 heavy (non-hydrogen) atoms. The van der Waals surface area contributed by atoms with Crippen LogP contribution in [0.5, 0.6) is 0 Å². The first kappa shape index (κ1) is 10.6. The van der Waals surface area contributed by atoms with E-state index in [1.165, 1.54) is 43.3 Å². The van der Waals surface area contributed by atoms with Gasteiger partial charge >= 0.3 is 0 Å². The van der Waals surface area contributed by atoms with Crippen LogP contribution in [0.2, 0.25) is 0 Å². The predicted octanol–water partition coefficient (Wildman–Crippen LogP) is 4.34. The van der Waals surface area contributed by atoms with E-state index in [9.17, 15) is 0 Å². The zero-order valence-electron chi connectivity index (χ0n) is 9.10. The largest absolute Gasteiger partial charge is 0.100 e. The van der Waals surface area contributed by atoms with Gasteiger partial charge in [-0.05, 0) is 50.9 Å². The van der Waals surface area contributed by atoms with Crippen molar-refractivity contribution < 1.29 is 0 Å². The Morgan fingerprint density at radius 2 is 2.23 bits per heavy atom. The zero-order chi connectivity index (χ0) is 9.84. The molecule has 1 aliphatic carbocycles. The number of hydrogen-bond acceptors (Lipinski definition) is 0. The van der Waals surface area contributed by atoms with Crippen LogP contribution in [0.15, 0.2) is 24.3 Å². The van der Waals surface area contributed by atoms with E-state index >= 15 is 0 Å². The lowest BCUT2D eigenvalue weighted by molar-refractivity contribution is 0.494. The summed E-state index contributed by atoms with van der Waals surface area (Å²) in [5.41, 5.74) is 2.81. The first-order chi connectivity index (χ1) is 6.09. The molecular formula is C13H22. The van der Waals surface area contributed by atoms with Gasteiger partial charge in [0.15, 0.2) is 0 Å². The van der Waals surface area contributed by atoms with E-state index < -0.39 is 0 Å².